The number of benzene rings is 1. The quantitative estimate of drug-likeness (QED) is 0.657. The molecule has 0 amide bonds. The summed E-state index contributed by atoms with van der Waals surface area (Å²) in [5.41, 5.74) is 15.3. The summed E-state index contributed by atoms with van der Waals surface area (Å²) in [4.78, 5) is 0. The third kappa shape index (κ3) is 3.69. The maximum Gasteiger partial charge on any atom is 0.491 e. The van der Waals surface area contributed by atoms with E-state index in [1.54, 1.807) is 0 Å². The molecule has 0 radical (unpaired) electrons. The van der Waals surface area contributed by atoms with Gasteiger partial charge in [-0.05, 0) is 61.8 Å². The fourth-order valence-corrected chi connectivity index (χ4v) is 2.58. The van der Waals surface area contributed by atoms with Crippen molar-refractivity contribution in [1.82, 2.24) is 0 Å². The third-order valence-corrected chi connectivity index (χ3v) is 5.09. The lowest BCUT2D eigenvalue weighted by Crippen LogP contribution is -2.41. The van der Waals surface area contributed by atoms with Crippen LogP contribution in [0.1, 0.15) is 59.6 Å². The number of hydrogen-bond acceptors (Lipinski definition) is 4. The van der Waals surface area contributed by atoms with Crippen molar-refractivity contribution < 1.29 is 9.31 Å². The maximum atomic E-state index is 6.17. The molecule has 1 aromatic rings. The second-order valence-corrected chi connectivity index (χ2v) is 8.61. The summed E-state index contributed by atoms with van der Waals surface area (Å²) in [6.07, 6.45) is 2.01. The van der Waals surface area contributed by atoms with Crippen molar-refractivity contribution in [3.8, 4) is 0 Å². The lowest BCUT2D eigenvalue weighted by Gasteiger charge is -2.32. The van der Waals surface area contributed by atoms with E-state index < -0.39 is 7.12 Å². The normalized spacial score (nSPS) is 20.5. The van der Waals surface area contributed by atoms with E-state index >= 15 is 0 Å². The molecular weight excluding hydrogens is 299 g/mol. The first-order valence-electron chi connectivity index (χ1n) is 8.53. The van der Waals surface area contributed by atoms with Crippen LogP contribution in [0.4, 0.5) is 5.69 Å². The molecule has 0 aliphatic carbocycles. The summed E-state index contributed by atoms with van der Waals surface area (Å²) < 4.78 is 12.2. The highest BCUT2D eigenvalue weighted by Gasteiger charge is 2.52. The Morgan fingerprint density at radius 3 is 2.12 bits per heavy atom. The van der Waals surface area contributed by atoms with Crippen molar-refractivity contribution in [1.29, 1.82) is 0 Å². The van der Waals surface area contributed by atoms with Gasteiger partial charge in [-0.1, -0.05) is 32.9 Å². The zero-order valence-corrected chi connectivity index (χ0v) is 16.1. The molecule has 1 fully saturated rings. The molecule has 0 unspecified atom stereocenters. The Labute approximate surface area is 146 Å². The van der Waals surface area contributed by atoms with E-state index in [9.17, 15) is 0 Å². The molecule has 1 saturated heterocycles. The fourth-order valence-electron chi connectivity index (χ4n) is 2.58. The minimum absolute atomic E-state index is 0.0590. The molecule has 5 heteroatoms. The second-order valence-electron chi connectivity index (χ2n) is 8.61. The first-order valence-corrected chi connectivity index (χ1v) is 8.53. The predicted octanol–water partition coefficient (Wildman–Crippen LogP) is 3.54. The Balaban J connectivity index is 2.39. The molecule has 1 aliphatic heterocycles. The molecule has 4 nitrogen and oxygen atoms in total. The average Bonchev–Trinajstić information content (AvgIpc) is 2.65. The van der Waals surface area contributed by atoms with E-state index in [-0.39, 0.29) is 16.6 Å². The topological polar surface area (TPSA) is 70.5 Å². The van der Waals surface area contributed by atoms with Crippen molar-refractivity contribution in [3.63, 3.8) is 0 Å². The molecule has 1 aliphatic rings. The Kier molecular flexibility index (Phi) is 4.93. The average molecular weight is 330 g/mol. The molecule has 4 N–H and O–H groups in total. The summed E-state index contributed by atoms with van der Waals surface area (Å²) in [5, 5.41) is 0. The van der Waals surface area contributed by atoms with Gasteiger partial charge in [0.25, 0.3) is 0 Å². The second kappa shape index (κ2) is 6.21. The summed E-state index contributed by atoms with van der Waals surface area (Å²) in [7, 11) is -0.447. The van der Waals surface area contributed by atoms with E-state index in [2.05, 4.69) is 32.9 Å². The van der Waals surface area contributed by atoms with Crippen molar-refractivity contribution in [2.45, 2.75) is 65.1 Å². The van der Waals surface area contributed by atoms with Crippen molar-refractivity contribution in [2.24, 2.45) is 5.73 Å². The first kappa shape index (κ1) is 19.0. The van der Waals surface area contributed by atoms with Gasteiger partial charge in [0, 0.05) is 12.2 Å². The molecule has 1 heterocycles. The summed E-state index contributed by atoms with van der Waals surface area (Å²) >= 11 is 0. The van der Waals surface area contributed by atoms with Crippen LogP contribution in [0.2, 0.25) is 0 Å². The molecule has 0 aromatic heterocycles. The summed E-state index contributed by atoms with van der Waals surface area (Å²) in [5.74, 6) is 0. The van der Waals surface area contributed by atoms with Crippen LogP contribution in [0.3, 0.4) is 0 Å². The molecule has 0 saturated carbocycles. The maximum absolute atomic E-state index is 6.17. The van der Waals surface area contributed by atoms with Crippen LogP contribution >= 0.6 is 0 Å². The number of hydrogen-bond donors (Lipinski definition) is 2. The highest BCUT2D eigenvalue weighted by atomic mass is 16.7. The van der Waals surface area contributed by atoms with Crippen LogP contribution in [0.15, 0.2) is 23.7 Å². The Bertz CT molecular complexity index is 629. The summed E-state index contributed by atoms with van der Waals surface area (Å²) in [6, 6.07) is 6.14. The van der Waals surface area contributed by atoms with Crippen LogP contribution in [0.25, 0.3) is 6.08 Å². The van der Waals surface area contributed by atoms with Gasteiger partial charge in [-0.15, -0.1) is 0 Å². The van der Waals surface area contributed by atoms with Gasteiger partial charge in [0.05, 0.1) is 11.2 Å². The largest absolute Gasteiger partial charge is 0.491 e. The van der Waals surface area contributed by atoms with E-state index in [1.807, 2.05) is 39.8 Å². The first-order chi connectivity index (χ1) is 10.9. The van der Waals surface area contributed by atoms with Gasteiger partial charge < -0.3 is 20.8 Å². The molecule has 2 rings (SSSR count). The number of nitrogens with two attached hydrogens (primary N) is 2. The van der Waals surface area contributed by atoms with Crippen LogP contribution < -0.4 is 11.5 Å². The van der Waals surface area contributed by atoms with E-state index in [0.29, 0.717) is 6.54 Å². The Morgan fingerprint density at radius 2 is 1.67 bits per heavy atom. The van der Waals surface area contributed by atoms with Crippen molar-refractivity contribution >= 4 is 18.9 Å². The van der Waals surface area contributed by atoms with Gasteiger partial charge in [-0.2, -0.15) is 0 Å². The van der Waals surface area contributed by atoms with Gasteiger partial charge in [0.2, 0.25) is 0 Å². The van der Waals surface area contributed by atoms with Gasteiger partial charge in [0.1, 0.15) is 0 Å². The fraction of sp³-hybridized carbons (Fsp3) is 0.579. The number of rotatable bonds is 3. The van der Waals surface area contributed by atoms with Gasteiger partial charge in [-0.25, -0.2) is 0 Å². The van der Waals surface area contributed by atoms with Gasteiger partial charge in [-0.3, -0.25) is 0 Å². The van der Waals surface area contributed by atoms with Crippen LogP contribution in [-0.4, -0.2) is 24.9 Å². The van der Waals surface area contributed by atoms with Gasteiger partial charge >= 0.3 is 7.12 Å². The minimum atomic E-state index is -0.447. The van der Waals surface area contributed by atoms with Gasteiger partial charge in [0.15, 0.2) is 0 Å². The summed E-state index contributed by atoms with van der Waals surface area (Å²) in [6.45, 7) is 15.1. The monoisotopic (exact) mass is 330 g/mol. The molecule has 0 bridgehead atoms. The zero-order valence-electron chi connectivity index (χ0n) is 16.1. The van der Waals surface area contributed by atoms with Crippen molar-refractivity contribution in [3.05, 3.63) is 34.8 Å². The molecular formula is C19H31BN2O2. The standard InChI is InChI=1S/C19H31BN2O2/c1-17(2,3)14-8-9-16(22)13(10-14)11-15(12-21)20-23-18(4,5)19(6,7)24-20/h8-11H,12,21-22H2,1-7H3. The molecule has 132 valence electrons. The van der Waals surface area contributed by atoms with E-state index in [1.165, 1.54) is 5.56 Å². The van der Waals surface area contributed by atoms with Crippen LogP contribution in [-0.2, 0) is 14.7 Å². The minimum Gasteiger partial charge on any atom is -0.400 e. The smallest absolute Gasteiger partial charge is 0.400 e. The molecule has 0 spiro atoms. The van der Waals surface area contributed by atoms with Crippen molar-refractivity contribution in [2.75, 3.05) is 12.3 Å². The predicted molar refractivity (Wildman–Crippen MR) is 103 cm³/mol. The van der Waals surface area contributed by atoms with E-state index in [4.69, 9.17) is 20.8 Å². The Hall–Kier alpha value is -1.30. The number of nitrogen functional groups attached to an aromatic ring is 1. The van der Waals surface area contributed by atoms with Crippen LogP contribution in [0.5, 0.6) is 0 Å². The highest BCUT2D eigenvalue weighted by Crippen LogP contribution is 2.39. The van der Waals surface area contributed by atoms with E-state index in [0.717, 1.165) is 16.7 Å². The zero-order chi connectivity index (χ0) is 18.3. The lowest BCUT2D eigenvalue weighted by atomic mass is 9.76. The molecule has 24 heavy (non-hydrogen) atoms. The third-order valence-electron chi connectivity index (χ3n) is 5.09. The Morgan fingerprint density at radius 1 is 1.12 bits per heavy atom. The highest BCUT2D eigenvalue weighted by molar-refractivity contribution is 6.56. The lowest BCUT2D eigenvalue weighted by molar-refractivity contribution is 0.00578. The SMILES string of the molecule is CC(C)(C)c1ccc(N)c(C=C(CN)B2OC(C)(C)C(C)(C)O2)c1. The van der Waals surface area contributed by atoms with Crippen LogP contribution in [0, 0.1) is 0 Å². The number of anilines is 1. The molecule has 0 atom stereocenters. The molecule has 1 aromatic carbocycles.